The Morgan fingerprint density at radius 2 is 1.90 bits per heavy atom. The topological polar surface area (TPSA) is 141 Å². The molecule has 0 fully saturated rings. The summed E-state index contributed by atoms with van der Waals surface area (Å²) in [5, 5.41) is 11.1. The fraction of sp³-hybridized carbons (Fsp3) is 0.105. The van der Waals surface area contributed by atoms with Crippen molar-refractivity contribution in [1.29, 1.82) is 0 Å². The second-order valence-corrected chi connectivity index (χ2v) is 6.33. The highest BCUT2D eigenvalue weighted by atomic mass is 16.6. The van der Waals surface area contributed by atoms with Gasteiger partial charge in [0.15, 0.2) is 0 Å². The highest BCUT2D eigenvalue weighted by Crippen LogP contribution is 2.30. The molecule has 1 aliphatic rings. The van der Waals surface area contributed by atoms with Gasteiger partial charge in [-0.1, -0.05) is 12.1 Å². The fourth-order valence-corrected chi connectivity index (χ4v) is 3.12. The number of nitro benzene ring substituents is 1. The number of pyridine rings is 1. The van der Waals surface area contributed by atoms with Gasteiger partial charge in [-0.25, -0.2) is 4.98 Å². The van der Waals surface area contributed by atoms with E-state index in [0.29, 0.717) is 10.5 Å². The average molecular weight is 408 g/mol. The number of amides is 2. The van der Waals surface area contributed by atoms with Crippen LogP contribution < -0.4 is 5.56 Å². The van der Waals surface area contributed by atoms with E-state index in [9.17, 15) is 29.3 Å². The Hall–Kier alpha value is -4.41. The van der Waals surface area contributed by atoms with Crippen molar-refractivity contribution in [2.75, 3.05) is 6.54 Å². The Morgan fingerprint density at radius 3 is 2.67 bits per heavy atom. The lowest BCUT2D eigenvalue weighted by Crippen LogP contribution is -2.35. The van der Waals surface area contributed by atoms with E-state index < -0.39 is 34.9 Å². The monoisotopic (exact) mass is 408 g/mol. The van der Waals surface area contributed by atoms with E-state index in [-0.39, 0.29) is 29.0 Å². The molecular formula is C19H12N4O7. The first kappa shape index (κ1) is 18.9. The molecule has 2 aromatic heterocycles. The van der Waals surface area contributed by atoms with Crippen LogP contribution in [0.4, 0.5) is 5.69 Å². The van der Waals surface area contributed by atoms with Crippen LogP contribution in [0.1, 0.15) is 26.4 Å². The SMILES string of the molecule is O=C(CN1C(=O)c2cccc([N+](=O)[O-])c2C1=O)OCc1cc(=O)n2ccccc2n1. The zero-order chi connectivity index (χ0) is 21.4. The Labute approximate surface area is 167 Å². The Balaban J connectivity index is 1.48. The molecule has 0 spiro atoms. The molecule has 0 saturated carbocycles. The first-order valence-electron chi connectivity index (χ1n) is 8.63. The van der Waals surface area contributed by atoms with E-state index in [1.807, 2.05) is 0 Å². The maximum absolute atomic E-state index is 12.5. The Bertz CT molecular complexity index is 1300. The van der Waals surface area contributed by atoms with Crippen LogP contribution in [0, 0.1) is 10.1 Å². The fourth-order valence-electron chi connectivity index (χ4n) is 3.12. The van der Waals surface area contributed by atoms with Gasteiger partial charge in [-0.2, -0.15) is 0 Å². The van der Waals surface area contributed by atoms with Crippen LogP contribution in [0.5, 0.6) is 0 Å². The van der Waals surface area contributed by atoms with Crippen molar-refractivity contribution in [3.05, 3.63) is 86.0 Å². The number of nitrogens with zero attached hydrogens (tertiary/aromatic N) is 4. The first-order chi connectivity index (χ1) is 14.4. The predicted molar refractivity (Wildman–Crippen MR) is 99.7 cm³/mol. The number of benzene rings is 1. The van der Waals surface area contributed by atoms with Crippen LogP contribution in [-0.4, -0.2) is 43.5 Å². The summed E-state index contributed by atoms with van der Waals surface area (Å²) in [6, 6.07) is 9.84. The molecule has 1 aliphatic heterocycles. The number of hydrogen-bond donors (Lipinski definition) is 0. The van der Waals surface area contributed by atoms with Gasteiger partial charge in [-0.15, -0.1) is 0 Å². The number of ether oxygens (including phenoxy) is 1. The van der Waals surface area contributed by atoms with E-state index in [2.05, 4.69) is 4.98 Å². The van der Waals surface area contributed by atoms with Crippen molar-refractivity contribution in [2.24, 2.45) is 0 Å². The van der Waals surface area contributed by atoms with Gasteiger partial charge in [0.25, 0.3) is 23.1 Å². The van der Waals surface area contributed by atoms with Gasteiger partial charge >= 0.3 is 5.97 Å². The van der Waals surface area contributed by atoms with Crippen LogP contribution in [0.3, 0.4) is 0 Å². The van der Waals surface area contributed by atoms with Crippen LogP contribution >= 0.6 is 0 Å². The van der Waals surface area contributed by atoms with Crippen molar-refractivity contribution in [3.63, 3.8) is 0 Å². The zero-order valence-electron chi connectivity index (χ0n) is 15.2. The normalized spacial score (nSPS) is 12.9. The van der Waals surface area contributed by atoms with Crippen molar-refractivity contribution >= 4 is 29.1 Å². The molecule has 0 N–H and O–H groups in total. The summed E-state index contributed by atoms with van der Waals surface area (Å²) in [6.07, 6.45) is 1.54. The van der Waals surface area contributed by atoms with Gasteiger partial charge < -0.3 is 4.74 Å². The highest BCUT2D eigenvalue weighted by Gasteiger charge is 2.41. The lowest BCUT2D eigenvalue weighted by molar-refractivity contribution is -0.385. The van der Waals surface area contributed by atoms with Crippen molar-refractivity contribution < 1.29 is 24.0 Å². The largest absolute Gasteiger partial charge is 0.458 e. The molecule has 11 nitrogen and oxygen atoms in total. The lowest BCUT2D eigenvalue weighted by atomic mass is 10.1. The van der Waals surface area contributed by atoms with Gasteiger partial charge in [-0.3, -0.25) is 38.6 Å². The van der Waals surface area contributed by atoms with Gasteiger partial charge in [0.05, 0.1) is 16.2 Å². The molecule has 0 saturated heterocycles. The molecule has 30 heavy (non-hydrogen) atoms. The van der Waals surface area contributed by atoms with E-state index in [1.54, 1.807) is 24.4 Å². The molecular weight excluding hydrogens is 396 g/mol. The van der Waals surface area contributed by atoms with E-state index >= 15 is 0 Å². The lowest BCUT2D eigenvalue weighted by Gasteiger charge is -2.13. The van der Waals surface area contributed by atoms with Crippen molar-refractivity contribution in [2.45, 2.75) is 6.61 Å². The number of imide groups is 1. The van der Waals surface area contributed by atoms with Crippen LogP contribution in [0.25, 0.3) is 5.65 Å². The van der Waals surface area contributed by atoms with E-state index in [0.717, 1.165) is 6.07 Å². The Kier molecular flexibility index (Phi) is 4.54. The van der Waals surface area contributed by atoms with E-state index in [4.69, 9.17) is 4.74 Å². The molecule has 0 unspecified atom stereocenters. The van der Waals surface area contributed by atoms with Crippen molar-refractivity contribution in [3.8, 4) is 0 Å². The van der Waals surface area contributed by atoms with Gasteiger partial charge in [0.1, 0.15) is 24.4 Å². The predicted octanol–water partition coefficient (Wildman–Crippen LogP) is 0.942. The molecule has 0 atom stereocenters. The summed E-state index contributed by atoms with van der Waals surface area (Å²) in [6.45, 7) is -1.07. The van der Waals surface area contributed by atoms with Gasteiger partial charge in [0, 0.05) is 18.3 Å². The molecule has 3 heterocycles. The van der Waals surface area contributed by atoms with Crippen LogP contribution in [-0.2, 0) is 16.1 Å². The minimum absolute atomic E-state index is 0.147. The van der Waals surface area contributed by atoms with Crippen LogP contribution in [0.2, 0.25) is 0 Å². The second-order valence-electron chi connectivity index (χ2n) is 6.33. The molecule has 4 rings (SSSR count). The third-order valence-electron chi connectivity index (χ3n) is 4.47. The maximum Gasteiger partial charge on any atom is 0.326 e. The molecule has 0 bridgehead atoms. The standard InChI is InChI=1S/C19H12N4O7/c24-15-8-11(20-14-6-1-2-7-21(14)15)10-30-16(25)9-22-18(26)12-4-3-5-13(23(28)29)17(12)19(22)27/h1-8H,9-10H2. The Morgan fingerprint density at radius 1 is 1.10 bits per heavy atom. The summed E-state index contributed by atoms with van der Waals surface area (Å²) >= 11 is 0. The van der Waals surface area contributed by atoms with E-state index in [1.165, 1.54) is 22.6 Å². The summed E-state index contributed by atoms with van der Waals surface area (Å²) in [5.41, 5.74) is -0.821. The summed E-state index contributed by atoms with van der Waals surface area (Å²) in [5.74, 6) is -2.69. The molecule has 1 aromatic carbocycles. The summed E-state index contributed by atoms with van der Waals surface area (Å²) in [7, 11) is 0. The molecule has 150 valence electrons. The highest BCUT2D eigenvalue weighted by molar-refractivity contribution is 6.24. The molecule has 2 amide bonds. The van der Waals surface area contributed by atoms with Gasteiger partial charge in [-0.05, 0) is 18.2 Å². The summed E-state index contributed by atoms with van der Waals surface area (Å²) in [4.78, 5) is 64.2. The number of aromatic nitrogens is 2. The number of nitro groups is 1. The number of carbonyl (C=O) groups is 3. The number of carbonyl (C=O) groups excluding carboxylic acids is 3. The summed E-state index contributed by atoms with van der Waals surface area (Å²) < 4.78 is 6.35. The second kappa shape index (κ2) is 7.20. The number of hydrogen-bond acceptors (Lipinski definition) is 8. The minimum atomic E-state index is -0.943. The van der Waals surface area contributed by atoms with Crippen molar-refractivity contribution in [1.82, 2.24) is 14.3 Å². The van der Waals surface area contributed by atoms with Crippen LogP contribution in [0.15, 0.2) is 53.5 Å². The number of rotatable bonds is 5. The molecule has 0 radical (unpaired) electrons. The maximum atomic E-state index is 12.5. The third kappa shape index (κ3) is 3.17. The van der Waals surface area contributed by atoms with Gasteiger partial charge in [0.2, 0.25) is 0 Å². The molecule has 11 heteroatoms. The third-order valence-corrected chi connectivity index (χ3v) is 4.47. The molecule has 3 aromatic rings. The number of fused-ring (bicyclic) bond motifs is 2. The average Bonchev–Trinajstić information content (AvgIpc) is 2.97. The minimum Gasteiger partial charge on any atom is -0.458 e. The number of esters is 1. The first-order valence-corrected chi connectivity index (χ1v) is 8.63. The molecule has 0 aliphatic carbocycles. The quantitative estimate of drug-likeness (QED) is 0.263. The zero-order valence-corrected chi connectivity index (χ0v) is 15.2. The smallest absolute Gasteiger partial charge is 0.326 e.